The van der Waals surface area contributed by atoms with Gasteiger partial charge >= 0.3 is 0 Å². The van der Waals surface area contributed by atoms with E-state index >= 15 is 0 Å². The summed E-state index contributed by atoms with van der Waals surface area (Å²) in [7, 11) is 0. The van der Waals surface area contributed by atoms with Crippen molar-refractivity contribution in [1.29, 1.82) is 0 Å². The summed E-state index contributed by atoms with van der Waals surface area (Å²) in [5.74, 6) is 1.16. The minimum Gasteiger partial charge on any atom is -0.506 e. The molecule has 1 heterocycles. The average molecular weight is 280 g/mol. The van der Waals surface area contributed by atoms with E-state index < -0.39 is 0 Å². The lowest BCUT2D eigenvalue weighted by Crippen LogP contribution is -2.26. The molecule has 0 radical (unpaired) electrons. The van der Waals surface area contributed by atoms with Gasteiger partial charge in [-0.25, -0.2) is 0 Å². The summed E-state index contributed by atoms with van der Waals surface area (Å²) in [6.07, 6.45) is 0. The van der Waals surface area contributed by atoms with Gasteiger partial charge in [0.1, 0.15) is 17.3 Å². The Labute approximate surface area is 116 Å². The minimum absolute atomic E-state index is 0.0482. The largest absolute Gasteiger partial charge is 0.506 e. The molecule has 0 spiro atoms. The molecule has 0 aliphatic carbocycles. The van der Waals surface area contributed by atoms with Crippen molar-refractivity contribution in [3.8, 4) is 5.75 Å². The number of nitrogens with one attached hydrogen (secondary N) is 1. The molecule has 0 saturated heterocycles. The maximum absolute atomic E-state index is 12.0. The van der Waals surface area contributed by atoms with Crippen LogP contribution in [0.5, 0.6) is 5.75 Å². The number of carbonyl (C=O) groups is 1. The topological polar surface area (TPSA) is 62.5 Å². The van der Waals surface area contributed by atoms with Crippen LogP contribution in [0.25, 0.3) is 0 Å². The highest BCUT2D eigenvalue weighted by Gasteiger charge is 2.15. The fraction of sp³-hybridized carbons (Fsp3) is 0.214. The molecular formula is C14H14ClNO3. The second-order valence-corrected chi connectivity index (χ2v) is 4.72. The molecule has 0 saturated carbocycles. The number of hydrogen-bond acceptors (Lipinski definition) is 3. The quantitative estimate of drug-likeness (QED) is 0.905. The first-order valence-electron chi connectivity index (χ1n) is 5.83. The van der Waals surface area contributed by atoms with Crippen LogP contribution in [0, 0.1) is 6.92 Å². The lowest BCUT2D eigenvalue weighted by Gasteiger charge is -2.11. The van der Waals surface area contributed by atoms with Gasteiger partial charge in [-0.1, -0.05) is 11.6 Å². The van der Waals surface area contributed by atoms with Gasteiger partial charge in [0.05, 0.1) is 11.1 Å². The molecule has 0 aliphatic heterocycles. The van der Waals surface area contributed by atoms with Crippen molar-refractivity contribution in [2.45, 2.75) is 19.9 Å². The molecule has 19 heavy (non-hydrogen) atoms. The van der Waals surface area contributed by atoms with Gasteiger partial charge in [-0.2, -0.15) is 0 Å². The first kappa shape index (κ1) is 13.5. The first-order valence-corrected chi connectivity index (χ1v) is 6.21. The van der Waals surface area contributed by atoms with Crippen LogP contribution < -0.4 is 5.32 Å². The Hall–Kier alpha value is -1.94. The highest BCUT2D eigenvalue weighted by atomic mass is 35.5. The van der Waals surface area contributed by atoms with Crippen LogP contribution >= 0.6 is 11.6 Å². The molecule has 1 aromatic carbocycles. The third kappa shape index (κ3) is 3.09. The number of benzene rings is 1. The van der Waals surface area contributed by atoms with Crippen LogP contribution in [0.15, 0.2) is 34.7 Å². The maximum Gasteiger partial charge on any atom is 0.251 e. The van der Waals surface area contributed by atoms with E-state index in [1.54, 1.807) is 0 Å². The number of phenols is 1. The molecule has 0 unspecified atom stereocenters. The number of halogens is 1. The number of amides is 1. The zero-order chi connectivity index (χ0) is 14.0. The summed E-state index contributed by atoms with van der Waals surface area (Å²) in [5, 5.41) is 12.3. The van der Waals surface area contributed by atoms with E-state index in [-0.39, 0.29) is 22.7 Å². The highest BCUT2D eigenvalue weighted by molar-refractivity contribution is 6.32. The van der Waals surface area contributed by atoms with E-state index in [1.807, 2.05) is 26.0 Å². The van der Waals surface area contributed by atoms with Crippen molar-refractivity contribution in [2.75, 3.05) is 0 Å². The summed E-state index contributed by atoms with van der Waals surface area (Å²) in [6, 6.07) is 7.75. The summed E-state index contributed by atoms with van der Waals surface area (Å²) >= 11 is 5.77. The summed E-state index contributed by atoms with van der Waals surface area (Å²) in [6.45, 7) is 3.68. The third-order valence-electron chi connectivity index (χ3n) is 2.75. The van der Waals surface area contributed by atoms with Crippen molar-refractivity contribution in [1.82, 2.24) is 5.32 Å². The van der Waals surface area contributed by atoms with Crippen LogP contribution in [0.1, 0.15) is 34.8 Å². The predicted molar refractivity (Wildman–Crippen MR) is 72.4 cm³/mol. The standard InChI is InChI=1S/C14H14ClNO3/c1-8-3-6-13(19-8)9(2)16-14(18)10-4-5-12(17)11(15)7-10/h3-7,9,17H,1-2H3,(H,16,18)/t9-/m0/s1. The number of carbonyl (C=O) groups excluding carboxylic acids is 1. The molecule has 2 aromatic rings. The zero-order valence-corrected chi connectivity index (χ0v) is 11.4. The number of hydrogen-bond donors (Lipinski definition) is 2. The molecular weight excluding hydrogens is 266 g/mol. The van der Waals surface area contributed by atoms with Gasteiger partial charge in [-0.15, -0.1) is 0 Å². The summed E-state index contributed by atoms with van der Waals surface area (Å²) in [5.41, 5.74) is 0.387. The number of aromatic hydroxyl groups is 1. The Morgan fingerprint density at radius 2 is 2.11 bits per heavy atom. The Balaban J connectivity index is 2.10. The van der Waals surface area contributed by atoms with Crippen molar-refractivity contribution in [3.05, 3.63) is 52.4 Å². The van der Waals surface area contributed by atoms with Gasteiger partial charge in [-0.3, -0.25) is 4.79 Å². The monoisotopic (exact) mass is 279 g/mol. The third-order valence-corrected chi connectivity index (χ3v) is 3.05. The Kier molecular flexibility index (Phi) is 3.81. The van der Waals surface area contributed by atoms with Crippen LogP contribution in [-0.2, 0) is 0 Å². The van der Waals surface area contributed by atoms with Crippen molar-refractivity contribution >= 4 is 17.5 Å². The number of aryl methyl sites for hydroxylation is 1. The predicted octanol–water partition coefficient (Wildman–Crippen LogP) is 3.44. The molecule has 100 valence electrons. The lowest BCUT2D eigenvalue weighted by molar-refractivity contribution is 0.0935. The lowest BCUT2D eigenvalue weighted by atomic mass is 10.2. The summed E-state index contributed by atoms with van der Waals surface area (Å²) < 4.78 is 5.44. The summed E-state index contributed by atoms with van der Waals surface area (Å²) in [4.78, 5) is 12.0. The molecule has 2 N–H and O–H groups in total. The van der Waals surface area contributed by atoms with Gasteiger partial charge in [0.15, 0.2) is 0 Å². The fourth-order valence-electron chi connectivity index (χ4n) is 1.69. The molecule has 4 nitrogen and oxygen atoms in total. The van der Waals surface area contributed by atoms with Gasteiger partial charge < -0.3 is 14.8 Å². The Bertz CT molecular complexity index is 606. The molecule has 0 bridgehead atoms. The van der Waals surface area contributed by atoms with E-state index in [1.165, 1.54) is 18.2 Å². The van der Waals surface area contributed by atoms with Crippen LogP contribution in [-0.4, -0.2) is 11.0 Å². The van der Waals surface area contributed by atoms with Crippen molar-refractivity contribution in [2.24, 2.45) is 0 Å². The van der Waals surface area contributed by atoms with E-state index in [0.29, 0.717) is 11.3 Å². The smallest absolute Gasteiger partial charge is 0.251 e. The SMILES string of the molecule is Cc1ccc([C@H](C)NC(=O)c2ccc(O)c(Cl)c2)o1. The van der Waals surface area contributed by atoms with E-state index in [9.17, 15) is 9.90 Å². The van der Waals surface area contributed by atoms with Crippen LogP contribution in [0.4, 0.5) is 0 Å². The van der Waals surface area contributed by atoms with E-state index in [2.05, 4.69) is 5.32 Å². The molecule has 0 fully saturated rings. The van der Waals surface area contributed by atoms with Crippen LogP contribution in [0.3, 0.4) is 0 Å². The molecule has 1 atom stereocenters. The zero-order valence-electron chi connectivity index (χ0n) is 10.6. The second kappa shape index (κ2) is 5.36. The second-order valence-electron chi connectivity index (χ2n) is 4.31. The molecule has 5 heteroatoms. The Morgan fingerprint density at radius 1 is 1.37 bits per heavy atom. The van der Waals surface area contributed by atoms with Crippen molar-refractivity contribution < 1.29 is 14.3 Å². The molecule has 2 rings (SSSR count). The van der Waals surface area contributed by atoms with E-state index in [0.717, 1.165) is 5.76 Å². The average Bonchev–Trinajstić information content (AvgIpc) is 2.79. The molecule has 1 aromatic heterocycles. The van der Waals surface area contributed by atoms with Crippen molar-refractivity contribution in [3.63, 3.8) is 0 Å². The Morgan fingerprint density at radius 3 is 2.68 bits per heavy atom. The van der Waals surface area contributed by atoms with Gasteiger partial charge in [0.2, 0.25) is 0 Å². The number of furan rings is 1. The van der Waals surface area contributed by atoms with Gasteiger partial charge in [0, 0.05) is 5.56 Å². The highest BCUT2D eigenvalue weighted by Crippen LogP contribution is 2.24. The normalized spacial score (nSPS) is 12.2. The maximum atomic E-state index is 12.0. The number of phenolic OH excluding ortho intramolecular Hbond substituents is 1. The fourth-order valence-corrected chi connectivity index (χ4v) is 1.87. The number of rotatable bonds is 3. The van der Waals surface area contributed by atoms with Crippen LogP contribution in [0.2, 0.25) is 5.02 Å². The molecule has 1 amide bonds. The van der Waals surface area contributed by atoms with Gasteiger partial charge in [-0.05, 0) is 44.2 Å². The molecule has 0 aliphatic rings. The first-order chi connectivity index (χ1) is 8.97. The minimum atomic E-state index is -0.275. The van der Waals surface area contributed by atoms with E-state index in [4.69, 9.17) is 16.0 Å². The van der Waals surface area contributed by atoms with Gasteiger partial charge in [0.25, 0.3) is 5.91 Å².